The average molecular weight is 445 g/mol. The van der Waals surface area contributed by atoms with E-state index in [1.54, 1.807) is 61.7 Å². The summed E-state index contributed by atoms with van der Waals surface area (Å²) in [7, 11) is 1.56. The molecule has 154 valence electrons. The van der Waals surface area contributed by atoms with Crippen molar-refractivity contribution in [2.45, 2.75) is 12.5 Å². The van der Waals surface area contributed by atoms with Crippen LogP contribution in [-0.2, 0) is 0 Å². The number of Topliss-reactive ketones (excluding diaryl/α,β-unsaturated/α-hetero) is 1. The number of benzene rings is 3. The van der Waals surface area contributed by atoms with Crippen LogP contribution in [0.1, 0.15) is 28.4 Å². The quantitative estimate of drug-likeness (QED) is 0.249. The Hall–Kier alpha value is -3.09. The number of carbonyl (C=O) groups is 1. The van der Waals surface area contributed by atoms with Crippen LogP contribution in [0.2, 0.25) is 10.0 Å². The van der Waals surface area contributed by atoms with Gasteiger partial charge in [-0.05, 0) is 48.0 Å². The summed E-state index contributed by atoms with van der Waals surface area (Å²) in [5.41, 5.74) is 1.73. The highest BCUT2D eigenvalue weighted by molar-refractivity contribution is 6.42. The summed E-state index contributed by atoms with van der Waals surface area (Å²) in [6, 6.07) is 17.6. The molecule has 1 N–H and O–H groups in total. The molecule has 1 atom stereocenters. The number of nitrogens with one attached hydrogen (secondary N) is 1. The molecule has 0 aliphatic heterocycles. The number of hydrogen-bond donors (Lipinski definition) is 1. The van der Waals surface area contributed by atoms with Gasteiger partial charge in [0, 0.05) is 29.8 Å². The molecule has 0 saturated carbocycles. The number of ketones is 1. The van der Waals surface area contributed by atoms with Crippen molar-refractivity contribution in [1.82, 2.24) is 0 Å². The number of anilines is 1. The summed E-state index contributed by atoms with van der Waals surface area (Å²) in [5, 5.41) is 15.1. The molecule has 0 saturated heterocycles. The first-order chi connectivity index (χ1) is 14.4. The van der Waals surface area contributed by atoms with Gasteiger partial charge in [-0.1, -0.05) is 35.3 Å². The van der Waals surface area contributed by atoms with E-state index in [1.165, 1.54) is 12.1 Å². The van der Waals surface area contributed by atoms with Gasteiger partial charge >= 0.3 is 0 Å². The number of methoxy groups -OCH3 is 1. The van der Waals surface area contributed by atoms with E-state index in [9.17, 15) is 14.9 Å². The van der Waals surface area contributed by atoms with Crippen molar-refractivity contribution in [2.24, 2.45) is 0 Å². The van der Waals surface area contributed by atoms with Crippen LogP contribution in [0.3, 0.4) is 0 Å². The van der Waals surface area contributed by atoms with Gasteiger partial charge in [0.05, 0.1) is 28.1 Å². The molecule has 1 unspecified atom stereocenters. The van der Waals surface area contributed by atoms with Crippen molar-refractivity contribution in [3.05, 3.63) is 98.0 Å². The molecule has 3 rings (SSSR count). The van der Waals surface area contributed by atoms with Gasteiger partial charge in [0.1, 0.15) is 5.75 Å². The first kappa shape index (κ1) is 21.6. The van der Waals surface area contributed by atoms with Gasteiger partial charge in [0.2, 0.25) is 0 Å². The number of nitrogens with zero attached hydrogens (tertiary/aromatic N) is 1. The first-order valence-electron chi connectivity index (χ1n) is 9.00. The Morgan fingerprint density at radius 1 is 1.07 bits per heavy atom. The summed E-state index contributed by atoms with van der Waals surface area (Å²) < 4.78 is 5.13. The third kappa shape index (κ3) is 5.28. The van der Waals surface area contributed by atoms with Gasteiger partial charge in [-0.15, -0.1) is 0 Å². The Morgan fingerprint density at radius 3 is 2.43 bits per heavy atom. The van der Waals surface area contributed by atoms with E-state index in [2.05, 4.69) is 5.32 Å². The zero-order valence-electron chi connectivity index (χ0n) is 16.0. The summed E-state index contributed by atoms with van der Waals surface area (Å²) in [5.74, 6) is 0.550. The minimum Gasteiger partial charge on any atom is -0.497 e. The third-order valence-electron chi connectivity index (χ3n) is 4.55. The molecule has 0 aliphatic carbocycles. The van der Waals surface area contributed by atoms with Gasteiger partial charge in [-0.3, -0.25) is 14.9 Å². The normalized spacial score (nSPS) is 11.6. The fraction of sp³-hybridized carbons (Fsp3) is 0.136. The maximum atomic E-state index is 12.9. The Labute approximate surface area is 183 Å². The van der Waals surface area contributed by atoms with Crippen LogP contribution >= 0.6 is 23.2 Å². The lowest BCUT2D eigenvalue weighted by Gasteiger charge is -2.20. The molecule has 30 heavy (non-hydrogen) atoms. The molecule has 6 nitrogen and oxygen atoms in total. The smallest absolute Gasteiger partial charge is 0.271 e. The fourth-order valence-corrected chi connectivity index (χ4v) is 3.28. The summed E-state index contributed by atoms with van der Waals surface area (Å²) in [6.45, 7) is 0. The second-order valence-corrected chi connectivity index (χ2v) is 7.35. The van der Waals surface area contributed by atoms with Gasteiger partial charge in [-0.2, -0.15) is 0 Å². The van der Waals surface area contributed by atoms with Crippen molar-refractivity contribution < 1.29 is 14.5 Å². The van der Waals surface area contributed by atoms with Crippen LogP contribution in [0, 0.1) is 10.1 Å². The molecule has 0 fully saturated rings. The monoisotopic (exact) mass is 444 g/mol. The predicted molar refractivity (Wildman–Crippen MR) is 118 cm³/mol. The first-order valence-corrected chi connectivity index (χ1v) is 9.76. The van der Waals surface area contributed by atoms with Crippen molar-refractivity contribution in [2.75, 3.05) is 12.4 Å². The SMILES string of the molecule is COc1ccc(C(=O)CC(Nc2cccc([N+](=O)[O-])c2)c2ccc(Cl)c(Cl)c2)cc1. The van der Waals surface area contributed by atoms with E-state index >= 15 is 0 Å². The summed E-state index contributed by atoms with van der Waals surface area (Å²) >= 11 is 12.2. The lowest BCUT2D eigenvalue weighted by atomic mass is 9.97. The molecule has 0 spiro atoms. The van der Waals surface area contributed by atoms with E-state index < -0.39 is 11.0 Å². The largest absolute Gasteiger partial charge is 0.497 e. The summed E-state index contributed by atoms with van der Waals surface area (Å²) in [6.07, 6.45) is 0.104. The van der Waals surface area contributed by atoms with Gasteiger partial charge in [-0.25, -0.2) is 0 Å². The molecular weight excluding hydrogens is 427 g/mol. The van der Waals surface area contributed by atoms with Crippen molar-refractivity contribution in [3.63, 3.8) is 0 Å². The Balaban J connectivity index is 1.90. The molecule has 0 amide bonds. The van der Waals surface area contributed by atoms with E-state index in [4.69, 9.17) is 27.9 Å². The van der Waals surface area contributed by atoms with Gasteiger partial charge < -0.3 is 10.1 Å². The maximum Gasteiger partial charge on any atom is 0.271 e. The van der Waals surface area contributed by atoms with E-state index in [0.717, 1.165) is 5.56 Å². The van der Waals surface area contributed by atoms with E-state index in [1.807, 2.05) is 0 Å². The van der Waals surface area contributed by atoms with Crippen LogP contribution in [0.25, 0.3) is 0 Å². The molecule has 0 aliphatic rings. The van der Waals surface area contributed by atoms with Crippen LogP contribution in [0.15, 0.2) is 66.7 Å². The molecular formula is C22H18Cl2N2O4. The number of ether oxygens (including phenoxy) is 1. The number of nitro groups is 1. The highest BCUT2D eigenvalue weighted by Gasteiger charge is 2.19. The van der Waals surface area contributed by atoms with Crippen LogP contribution < -0.4 is 10.1 Å². The highest BCUT2D eigenvalue weighted by Crippen LogP contribution is 2.31. The minimum atomic E-state index is -0.476. The number of nitro benzene ring substituents is 1. The molecule has 8 heteroatoms. The van der Waals surface area contributed by atoms with E-state index in [0.29, 0.717) is 27.0 Å². The molecule has 3 aromatic carbocycles. The molecule has 0 radical (unpaired) electrons. The predicted octanol–water partition coefficient (Wildman–Crippen LogP) is 6.34. The van der Waals surface area contributed by atoms with Gasteiger partial charge in [0.25, 0.3) is 5.69 Å². The standard InChI is InChI=1S/C22H18Cl2N2O4/c1-30-18-8-5-14(6-9-18)22(27)13-21(15-7-10-19(23)20(24)11-15)25-16-3-2-4-17(12-16)26(28)29/h2-12,21,25H,13H2,1H3. The lowest BCUT2D eigenvalue weighted by Crippen LogP contribution is -2.16. The highest BCUT2D eigenvalue weighted by atomic mass is 35.5. The zero-order valence-corrected chi connectivity index (χ0v) is 17.5. The topological polar surface area (TPSA) is 81.5 Å². The van der Waals surface area contributed by atoms with Gasteiger partial charge in [0.15, 0.2) is 5.78 Å². The minimum absolute atomic E-state index is 0.0469. The van der Waals surface area contributed by atoms with Crippen molar-refractivity contribution >= 4 is 40.4 Å². The zero-order chi connectivity index (χ0) is 21.7. The molecule has 0 heterocycles. The number of non-ortho nitro benzene ring substituents is 1. The Morgan fingerprint density at radius 2 is 1.80 bits per heavy atom. The average Bonchev–Trinajstić information content (AvgIpc) is 2.75. The fourth-order valence-electron chi connectivity index (χ4n) is 2.97. The molecule has 0 bridgehead atoms. The second kappa shape index (κ2) is 9.61. The van der Waals surface area contributed by atoms with Crippen molar-refractivity contribution in [3.8, 4) is 5.75 Å². The van der Waals surface area contributed by atoms with E-state index in [-0.39, 0.29) is 17.9 Å². The number of hydrogen-bond acceptors (Lipinski definition) is 5. The van der Waals surface area contributed by atoms with Crippen LogP contribution in [0.5, 0.6) is 5.75 Å². The lowest BCUT2D eigenvalue weighted by molar-refractivity contribution is -0.384. The number of halogens is 2. The summed E-state index contributed by atoms with van der Waals surface area (Å²) in [4.78, 5) is 23.5. The molecule has 0 aromatic heterocycles. The molecule has 3 aromatic rings. The second-order valence-electron chi connectivity index (χ2n) is 6.53. The number of rotatable bonds is 8. The van der Waals surface area contributed by atoms with Crippen LogP contribution in [-0.4, -0.2) is 17.8 Å². The Bertz CT molecular complexity index is 1070. The third-order valence-corrected chi connectivity index (χ3v) is 5.28. The van der Waals surface area contributed by atoms with Crippen molar-refractivity contribution in [1.29, 1.82) is 0 Å². The number of carbonyl (C=O) groups excluding carboxylic acids is 1. The van der Waals surface area contributed by atoms with Crippen LogP contribution in [0.4, 0.5) is 11.4 Å². The maximum absolute atomic E-state index is 12.9. The Kier molecular flexibility index (Phi) is 6.92.